The fourth-order valence-corrected chi connectivity index (χ4v) is 1.86. The predicted octanol–water partition coefficient (Wildman–Crippen LogP) is 3.07. The number of rotatable bonds is 7. The van der Waals surface area contributed by atoms with Gasteiger partial charge in [-0.1, -0.05) is 20.8 Å². The fourth-order valence-electron chi connectivity index (χ4n) is 1.86. The lowest BCUT2D eigenvalue weighted by Gasteiger charge is -2.11. The second-order valence-corrected chi connectivity index (χ2v) is 5.17. The summed E-state index contributed by atoms with van der Waals surface area (Å²) in [6, 6.07) is 1.31. The largest absolute Gasteiger partial charge is 0.507 e. The van der Waals surface area contributed by atoms with Gasteiger partial charge >= 0.3 is 5.63 Å². The molecule has 1 aromatic heterocycles. The van der Waals surface area contributed by atoms with Crippen molar-refractivity contribution >= 4 is 5.78 Å². The number of allylic oxidation sites excluding steroid dienone is 1. The van der Waals surface area contributed by atoms with Gasteiger partial charge in [-0.25, -0.2) is 10.1 Å². The van der Waals surface area contributed by atoms with Crippen LogP contribution >= 0.6 is 0 Å². The van der Waals surface area contributed by atoms with Crippen LogP contribution in [0.25, 0.3) is 0 Å². The molecule has 0 aliphatic heterocycles. The summed E-state index contributed by atoms with van der Waals surface area (Å²) >= 11 is 0. The molecular weight excluding hydrogens is 276 g/mol. The van der Waals surface area contributed by atoms with Crippen LogP contribution < -0.4 is 5.63 Å². The minimum atomic E-state index is -0.815. The molecule has 116 valence electrons. The van der Waals surface area contributed by atoms with Crippen LogP contribution in [0.2, 0.25) is 0 Å². The monoisotopic (exact) mass is 296 g/mol. The van der Waals surface area contributed by atoms with Gasteiger partial charge in [0.2, 0.25) is 0 Å². The Labute approximate surface area is 122 Å². The molecule has 0 radical (unpaired) electrons. The van der Waals surface area contributed by atoms with Crippen molar-refractivity contribution in [3.63, 3.8) is 0 Å². The smallest absolute Gasteiger partial charge is 0.350 e. The van der Waals surface area contributed by atoms with Gasteiger partial charge in [-0.05, 0) is 18.9 Å². The van der Waals surface area contributed by atoms with E-state index in [2.05, 4.69) is 4.89 Å². The molecule has 1 heterocycles. The Hall–Kier alpha value is -2.08. The van der Waals surface area contributed by atoms with Crippen molar-refractivity contribution in [1.29, 1.82) is 0 Å². The molecule has 1 unspecified atom stereocenters. The maximum Gasteiger partial charge on any atom is 0.350 e. The average molecular weight is 296 g/mol. The predicted molar refractivity (Wildman–Crippen MR) is 76.3 cm³/mol. The van der Waals surface area contributed by atoms with E-state index in [9.17, 15) is 14.7 Å². The van der Waals surface area contributed by atoms with Crippen molar-refractivity contribution in [3.05, 3.63) is 40.1 Å². The van der Waals surface area contributed by atoms with Gasteiger partial charge in [0.15, 0.2) is 5.78 Å². The van der Waals surface area contributed by atoms with Crippen LogP contribution in [0.15, 0.2) is 27.6 Å². The number of aromatic hydroxyl groups is 1. The van der Waals surface area contributed by atoms with Gasteiger partial charge in [0.05, 0.1) is 0 Å². The van der Waals surface area contributed by atoms with E-state index in [1.807, 2.05) is 6.92 Å². The number of carbonyl (C=O) groups excluding carboxylic acids is 1. The first kappa shape index (κ1) is 17.0. The molecule has 0 bridgehead atoms. The van der Waals surface area contributed by atoms with Gasteiger partial charge in [-0.3, -0.25) is 4.79 Å². The zero-order valence-electron chi connectivity index (χ0n) is 12.3. The molecule has 0 spiro atoms. The van der Waals surface area contributed by atoms with E-state index in [1.165, 1.54) is 6.07 Å². The van der Waals surface area contributed by atoms with Crippen molar-refractivity contribution in [1.82, 2.24) is 0 Å². The molecule has 0 amide bonds. The van der Waals surface area contributed by atoms with Gasteiger partial charge in [0, 0.05) is 17.9 Å². The molecule has 21 heavy (non-hydrogen) atoms. The lowest BCUT2D eigenvalue weighted by molar-refractivity contribution is -0.186. The average Bonchev–Trinajstić information content (AvgIpc) is 2.42. The molecule has 0 aromatic carbocycles. The molecule has 6 heteroatoms. The first-order valence-electron chi connectivity index (χ1n) is 6.74. The summed E-state index contributed by atoms with van der Waals surface area (Å²) in [7, 11) is 0. The van der Waals surface area contributed by atoms with Crippen molar-refractivity contribution in [3.8, 4) is 5.75 Å². The number of Topliss-reactive ketones (excluding diaryl/α,β-unsaturated/α-hetero) is 1. The molecule has 0 fully saturated rings. The minimum Gasteiger partial charge on any atom is -0.507 e. The molecule has 0 saturated carbocycles. The number of ketones is 1. The summed E-state index contributed by atoms with van der Waals surface area (Å²) in [5.74, 6) is -0.999. The van der Waals surface area contributed by atoms with Crippen molar-refractivity contribution in [2.24, 2.45) is 5.92 Å². The van der Waals surface area contributed by atoms with Gasteiger partial charge < -0.3 is 14.4 Å². The highest BCUT2D eigenvalue weighted by Gasteiger charge is 2.22. The Morgan fingerprint density at radius 3 is 2.62 bits per heavy atom. The molecule has 0 saturated heterocycles. The van der Waals surface area contributed by atoms with Crippen LogP contribution in [0, 0.1) is 5.92 Å². The Morgan fingerprint density at radius 2 is 2.10 bits per heavy atom. The molecule has 0 aliphatic carbocycles. The van der Waals surface area contributed by atoms with E-state index < -0.39 is 17.3 Å². The first-order chi connectivity index (χ1) is 9.88. The summed E-state index contributed by atoms with van der Waals surface area (Å²) in [6.07, 6.45) is 3.98. The normalized spacial score (nSPS) is 12.8. The van der Waals surface area contributed by atoms with Crippen LogP contribution in [-0.4, -0.2) is 16.1 Å². The Balaban J connectivity index is 2.95. The zero-order chi connectivity index (χ0) is 16.0. The number of hydrogen-bond donors (Lipinski definition) is 2. The molecule has 1 aromatic rings. The molecule has 6 nitrogen and oxygen atoms in total. The van der Waals surface area contributed by atoms with E-state index in [0.717, 1.165) is 6.26 Å². The third kappa shape index (κ3) is 4.46. The van der Waals surface area contributed by atoms with Crippen molar-refractivity contribution < 1.29 is 24.5 Å². The Morgan fingerprint density at radius 1 is 1.43 bits per heavy atom. The van der Waals surface area contributed by atoms with Crippen LogP contribution in [0.5, 0.6) is 5.75 Å². The van der Waals surface area contributed by atoms with Gasteiger partial charge in [-0.15, -0.1) is 0 Å². The molecule has 0 aliphatic rings. The van der Waals surface area contributed by atoms with Gasteiger partial charge in [0.1, 0.15) is 23.3 Å². The van der Waals surface area contributed by atoms with E-state index >= 15 is 0 Å². The van der Waals surface area contributed by atoms with Crippen molar-refractivity contribution in [2.75, 3.05) is 0 Å². The summed E-state index contributed by atoms with van der Waals surface area (Å²) < 4.78 is 5.14. The van der Waals surface area contributed by atoms with Crippen LogP contribution in [0.4, 0.5) is 0 Å². The van der Waals surface area contributed by atoms with E-state index in [-0.39, 0.29) is 17.2 Å². The quantitative estimate of drug-likeness (QED) is 0.347. The summed E-state index contributed by atoms with van der Waals surface area (Å²) in [5, 5.41) is 18.0. The fraction of sp³-hybridized carbons (Fsp3) is 0.467. The van der Waals surface area contributed by atoms with E-state index in [4.69, 9.17) is 9.67 Å². The van der Waals surface area contributed by atoms with Crippen molar-refractivity contribution in [2.45, 2.75) is 39.5 Å². The van der Waals surface area contributed by atoms with Crippen LogP contribution in [0.3, 0.4) is 0 Å². The maximum atomic E-state index is 11.9. The third-order valence-corrected chi connectivity index (χ3v) is 3.13. The summed E-state index contributed by atoms with van der Waals surface area (Å²) in [6.45, 7) is 5.12. The lowest BCUT2D eigenvalue weighted by Crippen LogP contribution is -2.19. The highest BCUT2D eigenvalue weighted by molar-refractivity contribution is 5.99. The molecule has 1 rings (SSSR count). The minimum absolute atomic E-state index is 0.129. The first-order valence-corrected chi connectivity index (χ1v) is 6.74. The SMILES string of the molecule is CC(C)C(=O)c1c(O)cc(C(C)CC/C=C\OO)oc1=O. The van der Waals surface area contributed by atoms with Crippen LogP contribution in [-0.2, 0) is 4.89 Å². The topological polar surface area (TPSA) is 97.0 Å². The molecular formula is C15H20O6. The maximum absolute atomic E-state index is 11.9. The van der Waals surface area contributed by atoms with Gasteiger partial charge in [-0.2, -0.15) is 0 Å². The highest BCUT2D eigenvalue weighted by Crippen LogP contribution is 2.25. The summed E-state index contributed by atoms with van der Waals surface area (Å²) in [4.78, 5) is 27.5. The standard InChI is InChI=1S/C15H20O6/c1-9(2)14(17)13-11(16)8-12(21-15(13)18)10(3)6-4-5-7-20-19/h5,7-10,16,19H,4,6H2,1-3H3/b7-5-. The lowest BCUT2D eigenvalue weighted by atomic mass is 9.99. The van der Waals surface area contributed by atoms with E-state index in [0.29, 0.717) is 18.6 Å². The number of hydrogen-bond acceptors (Lipinski definition) is 6. The Bertz CT molecular complexity index is 570. The second kappa shape index (κ2) is 7.64. The van der Waals surface area contributed by atoms with Gasteiger partial charge in [0.25, 0.3) is 0 Å². The Kier molecular flexibility index (Phi) is 6.17. The molecule has 1 atom stereocenters. The van der Waals surface area contributed by atoms with Crippen LogP contribution in [0.1, 0.15) is 55.6 Å². The number of carbonyl (C=O) groups is 1. The molecule has 2 N–H and O–H groups in total. The second-order valence-electron chi connectivity index (χ2n) is 5.17. The summed E-state index contributed by atoms with van der Waals surface area (Å²) in [5.41, 5.74) is -1.11. The van der Waals surface area contributed by atoms with E-state index in [1.54, 1.807) is 19.9 Å². The third-order valence-electron chi connectivity index (χ3n) is 3.13. The zero-order valence-corrected chi connectivity index (χ0v) is 12.3. The highest BCUT2D eigenvalue weighted by atomic mass is 17.1.